The Morgan fingerprint density at radius 2 is 1.61 bits per heavy atom. The van der Waals surface area contributed by atoms with Crippen LogP contribution in [0, 0.1) is 5.92 Å². The fourth-order valence-corrected chi connectivity index (χ4v) is 4.33. The average Bonchev–Trinajstić information content (AvgIpc) is 3.28. The maximum absolute atomic E-state index is 12.7. The van der Waals surface area contributed by atoms with Gasteiger partial charge in [-0.2, -0.15) is 0 Å². The second kappa shape index (κ2) is 10.4. The minimum atomic E-state index is -0.126. The van der Waals surface area contributed by atoms with Crippen LogP contribution in [0.4, 0.5) is 11.4 Å². The van der Waals surface area contributed by atoms with Crippen LogP contribution < -0.4 is 10.6 Å². The molecule has 1 fully saturated rings. The molecule has 5 nitrogen and oxygen atoms in total. The summed E-state index contributed by atoms with van der Waals surface area (Å²) in [6.07, 6.45) is 3.81. The zero-order chi connectivity index (χ0) is 21.5. The molecule has 0 bridgehead atoms. The minimum Gasteiger partial charge on any atom is -0.325 e. The lowest BCUT2D eigenvalue weighted by Crippen LogP contribution is -2.37. The number of anilines is 2. The van der Waals surface area contributed by atoms with Crippen LogP contribution in [0.1, 0.15) is 34.5 Å². The molecule has 1 heterocycles. The van der Waals surface area contributed by atoms with Gasteiger partial charge in [0.25, 0.3) is 5.91 Å². The van der Waals surface area contributed by atoms with Crippen molar-refractivity contribution in [3.63, 3.8) is 0 Å². The summed E-state index contributed by atoms with van der Waals surface area (Å²) in [5.41, 5.74) is 2.65. The van der Waals surface area contributed by atoms with Crippen molar-refractivity contribution in [2.24, 2.45) is 5.92 Å². The fourth-order valence-electron chi connectivity index (χ4n) is 3.71. The Balaban J connectivity index is 1.31. The van der Waals surface area contributed by atoms with Crippen molar-refractivity contribution in [3.8, 4) is 0 Å². The highest BCUT2D eigenvalue weighted by Crippen LogP contribution is 2.27. The standard InChI is InChI=1S/C25H27N3O2S/c29-24(18-28(17-20-8-4-9-20)16-19-6-2-1-3-7-19)26-21-11-13-22(14-12-21)27-25(30)23-10-5-15-31-23/h1-3,5-7,10-15,20H,4,8-9,16-18H2,(H,26,29)(H,27,30). The van der Waals surface area contributed by atoms with E-state index >= 15 is 0 Å². The summed E-state index contributed by atoms with van der Waals surface area (Å²) in [6.45, 7) is 2.09. The van der Waals surface area contributed by atoms with Gasteiger partial charge in [0.05, 0.1) is 11.4 Å². The van der Waals surface area contributed by atoms with Gasteiger partial charge in [-0.05, 0) is 60.0 Å². The smallest absolute Gasteiger partial charge is 0.265 e. The maximum atomic E-state index is 12.7. The Hall–Kier alpha value is -2.96. The number of benzene rings is 2. The molecule has 0 spiro atoms. The topological polar surface area (TPSA) is 61.4 Å². The summed E-state index contributed by atoms with van der Waals surface area (Å²) >= 11 is 1.40. The molecule has 2 aromatic carbocycles. The third kappa shape index (κ3) is 6.26. The normalized spacial score (nSPS) is 13.6. The molecule has 1 aromatic heterocycles. The Morgan fingerprint density at radius 1 is 0.903 bits per heavy atom. The van der Waals surface area contributed by atoms with Crippen LogP contribution in [-0.2, 0) is 11.3 Å². The highest BCUT2D eigenvalue weighted by atomic mass is 32.1. The van der Waals surface area contributed by atoms with Crippen LogP contribution in [0.2, 0.25) is 0 Å². The molecule has 0 saturated heterocycles. The number of carbonyl (C=O) groups is 2. The second-order valence-electron chi connectivity index (χ2n) is 8.01. The molecule has 0 unspecified atom stereocenters. The second-order valence-corrected chi connectivity index (χ2v) is 8.96. The Bertz CT molecular complexity index is 983. The van der Waals surface area contributed by atoms with Crippen molar-refractivity contribution in [3.05, 3.63) is 82.6 Å². The first-order chi connectivity index (χ1) is 15.2. The van der Waals surface area contributed by atoms with Crippen molar-refractivity contribution in [1.82, 2.24) is 4.90 Å². The number of rotatable bonds is 9. The third-order valence-electron chi connectivity index (χ3n) is 5.53. The lowest BCUT2D eigenvalue weighted by molar-refractivity contribution is -0.117. The van der Waals surface area contributed by atoms with Crippen molar-refractivity contribution in [2.45, 2.75) is 25.8 Å². The van der Waals surface area contributed by atoms with Crippen LogP contribution in [0.3, 0.4) is 0 Å². The molecule has 2 N–H and O–H groups in total. The van der Waals surface area contributed by atoms with Gasteiger partial charge in [0.1, 0.15) is 0 Å². The summed E-state index contributed by atoms with van der Waals surface area (Å²) in [5.74, 6) is 0.549. The van der Waals surface area contributed by atoms with E-state index in [1.54, 1.807) is 18.2 Å². The highest BCUT2D eigenvalue weighted by molar-refractivity contribution is 7.12. The fraction of sp³-hybridized carbons (Fsp3) is 0.280. The van der Waals surface area contributed by atoms with Gasteiger partial charge < -0.3 is 10.6 Å². The van der Waals surface area contributed by atoms with Gasteiger partial charge >= 0.3 is 0 Å². The molecule has 6 heteroatoms. The molecule has 31 heavy (non-hydrogen) atoms. The first kappa shape index (κ1) is 21.3. The number of nitrogens with zero attached hydrogens (tertiary/aromatic N) is 1. The summed E-state index contributed by atoms with van der Waals surface area (Å²) in [4.78, 5) is 27.8. The van der Waals surface area contributed by atoms with Crippen LogP contribution >= 0.6 is 11.3 Å². The molecule has 1 saturated carbocycles. The van der Waals surface area contributed by atoms with Crippen LogP contribution in [0.25, 0.3) is 0 Å². The molecular weight excluding hydrogens is 406 g/mol. The van der Waals surface area contributed by atoms with Crippen LogP contribution in [-0.4, -0.2) is 29.8 Å². The zero-order valence-corrected chi connectivity index (χ0v) is 18.2. The largest absolute Gasteiger partial charge is 0.325 e. The van der Waals surface area contributed by atoms with E-state index in [0.29, 0.717) is 23.0 Å². The van der Waals surface area contributed by atoms with Crippen LogP contribution in [0.15, 0.2) is 72.1 Å². The maximum Gasteiger partial charge on any atom is 0.265 e. The number of amides is 2. The quantitative estimate of drug-likeness (QED) is 0.485. The summed E-state index contributed by atoms with van der Waals surface area (Å²) in [5, 5.41) is 7.73. The average molecular weight is 434 g/mol. The predicted molar refractivity (Wildman–Crippen MR) is 126 cm³/mol. The lowest BCUT2D eigenvalue weighted by Gasteiger charge is -2.32. The summed E-state index contributed by atoms with van der Waals surface area (Å²) < 4.78 is 0. The van der Waals surface area contributed by atoms with E-state index in [1.807, 2.05) is 41.8 Å². The number of nitrogens with one attached hydrogen (secondary N) is 2. The van der Waals surface area contributed by atoms with Crippen LogP contribution in [0.5, 0.6) is 0 Å². The molecule has 0 radical (unpaired) electrons. The van der Waals surface area contributed by atoms with Gasteiger partial charge in [-0.1, -0.05) is 42.8 Å². The Morgan fingerprint density at radius 3 is 2.23 bits per heavy atom. The summed E-state index contributed by atoms with van der Waals surface area (Å²) in [7, 11) is 0. The number of thiophene rings is 1. The monoisotopic (exact) mass is 433 g/mol. The molecule has 160 valence electrons. The molecular formula is C25H27N3O2S. The first-order valence-electron chi connectivity index (χ1n) is 10.7. The highest BCUT2D eigenvalue weighted by Gasteiger charge is 2.22. The van der Waals surface area contributed by atoms with Gasteiger partial charge in [-0.3, -0.25) is 14.5 Å². The lowest BCUT2D eigenvalue weighted by atomic mass is 9.85. The zero-order valence-electron chi connectivity index (χ0n) is 17.4. The minimum absolute atomic E-state index is 0.0226. The van der Waals surface area contributed by atoms with Crippen molar-refractivity contribution >= 4 is 34.5 Å². The molecule has 0 aliphatic heterocycles. The van der Waals surface area contributed by atoms with Crippen molar-refractivity contribution in [1.29, 1.82) is 0 Å². The Labute approximate surface area is 187 Å². The van der Waals surface area contributed by atoms with Crippen molar-refractivity contribution in [2.75, 3.05) is 23.7 Å². The number of hydrogen-bond acceptors (Lipinski definition) is 4. The molecule has 1 aliphatic rings. The molecule has 0 atom stereocenters. The van der Waals surface area contributed by atoms with E-state index in [1.165, 1.54) is 36.2 Å². The van der Waals surface area contributed by atoms with Gasteiger partial charge in [-0.15, -0.1) is 11.3 Å². The third-order valence-corrected chi connectivity index (χ3v) is 6.40. The van der Waals surface area contributed by atoms with E-state index in [4.69, 9.17) is 0 Å². The summed E-state index contributed by atoms with van der Waals surface area (Å²) in [6, 6.07) is 21.2. The van der Waals surface area contributed by atoms with E-state index in [9.17, 15) is 9.59 Å². The van der Waals surface area contributed by atoms with E-state index in [-0.39, 0.29) is 11.8 Å². The molecule has 4 rings (SSSR count). The number of hydrogen-bond donors (Lipinski definition) is 2. The van der Waals surface area contributed by atoms with Gasteiger partial charge in [0.2, 0.25) is 5.91 Å². The molecule has 1 aliphatic carbocycles. The molecule has 2 amide bonds. The van der Waals surface area contributed by atoms with E-state index in [0.717, 1.165) is 18.8 Å². The molecule has 3 aromatic rings. The van der Waals surface area contributed by atoms with Gasteiger partial charge in [0, 0.05) is 24.5 Å². The van der Waals surface area contributed by atoms with E-state index < -0.39 is 0 Å². The first-order valence-corrected chi connectivity index (χ1v) is 11.5. The van der Waals surface area contributed by atoms with Gasteiger partial charge in [-0.25, -0.2) is 0 Å². The SMILES string of the molecule is O=C(CN(Cc1ccccc1)CC1CCC1)Nc1ccc(NC(=O)c2cccs2)cc1. The van der Waals surface area contributed by atoms with E-state index in [2.05, 4.69) is 27.7 Å². The predicted octanol–water partition coefficient (Wildman–Crippen LogP) is 5.24. The Kier molecular flexibility index (Phi) is 7.12. The number of carbonyl (C=O) groups excluding carboxylic acids is 2. The van der Waals surface area contributed by atoms with Gasteiger partial charge in [0.15, 0.2) is 0 Å². The van der Waals surface area contributed by atoms with Crippen molar-refractivity contribution < 1.29 is 9.59 Å².